The molecule has 0 unspecified atom stereocenters. The number of oxazole rings is 1. The number of likely N-dealkylation sites (tertiary alicyclic amines) is 1. The highest BCUT2D eigenvalue weighted by atomic mass is 16.5. The number of nitrogens with zero attached hydrogens (tertiary/aromatic N) is 2. The van der Waals surface area contributed by atoms with Gasteiger partial charge in [0.05, 0.1) is 18.1 Å². The van der Waals surface area contributed by atoms with Crippen LogP contribution in [-0.4, -0.2) is 47.8 Å². The van der Waals surface area contributed by atoms with Gasteiger partial charge in [0, 0.05) is 19.7 Å². The fourth-order valence-corrected chi connectivity index (χ4v) is 3.80. The highest BCUT2D eigenvalue weighted by molar-refractivity contribution is 5.75. The van der Waals surface area contributed by atoms with E-state index in [1.807, 2.05) is 36.1 Å². The smallest absolute Gasteiger partial charge is 0.317 e. The standard InChI is InChI=1S/C19H25N3O3/c1-13(16-9-5-11-24-16)20-19(23)22-10-4-6-14(12-22)18-21-15-7-2-3-8-17(15)25-18/h2-3,7-8,13-14,16H,4-6,9-12H2,1H3,(H,20,23)/t13-,14+,16+/m0/s1. The van der Waals surface area contributed by atoms with Crippen LogP contribution < -0.4 is 5.32 Å². The molecule has 0 radical (unpaired) electrons. The van der Waals surface area contributed by atoms with E-state index in [4.69, 9.17) is 9.15 Å². The maximum atomic E-state index is 12.6. The van der Waals surface area contributed by atoms with Crippen molar-refractivity contribution < 1.29 is 13.9 Å². The number of ether oxygens (including phenoxy) is 1. The Morgan fingerprint density at radius 3 is 3.00 bits per heavy atom. The van der Waals surface area contributed by atoms with E-state index in [-0.39, 0.29) is 24.1 Å². The van der Waals surface area contributed by atoms with Crippen LogP contribution >= 0.6 is 0 Å². The largest absolute Gasteiger partial charge is 0.440 e. The quantitative estimate of drug-likeness (QED) is 0.929. The monoisotopic (exact) mass is 343 g/mol. The normalized spacial score (nSPS) is 25.2. The Kier molecular flexibility index (Phi) is 4.61. The van der Waals surface area contributed by atoms with Crippen LogP contribution in [0.15, 0.2) is 28.7 Å². The first-order valence-electron chi connectivity index (χ1n) is 9.23. The molecule has 0 bridgehead atoms. The number of benzene rings is 1. The van der Waals surface area contributed by atoms with Gasteiger partial charge in [-0.05, 0) is 44.7 Å². The van der Waals surface area contributed by atoms with Crippen LogP contribution in [0, 0.1) is 0 Å². The van der Waals surface area contributed by atoms with Gasteiger partial charge in [0.1, 0.15) is 5.52 Å². The lowest BCUT2D eigenvalue weighted by Gasteiger charge is -2.33. The summed E-state index contributed by atoms with van der Waals surface area (Å²) < 4.78 is 11.6. The first kappa shape index (κ1) is 16.4. The first-order chi connectivity index (χ1) is 12.2. The van der Waals surface area contributed by atoms with Crippen molar-refractivity contribution in [3.8, 4) is 0 Å². The van der Waals surface area contributed by atoms with Gasteiger partial charge in [0.2, 0.25) is 0 Å². The minimum Gasteiger partial charge on any atom is -0.440 e. The molecule has 6 nitrogen and oxygen atoms in total. The van der Waals surface area contributed by atoms with Crippen molar-refractivity contribution in [3.63, 3.8) is 0 Å². The SMILES string of the molecule is C[C@H](NC(=O)N1CCC[C@@H](c2nc3ccccc3o2)C1)[C@H]1CCCO1. The van der Waals surface area contributed by atoms with E-state index in [1.165, 1.54) is 0 Å². The molecule has 2 fully saturated rings. The highest BCUT2D eigenvalue weighted by Gasteiger charge is 2.30. The van der Waals surface area contributed by atoms with E-state index < -0.39 is 0 Å². The van der Waals surface area contributed by atoms with Gasteiger partial charge in [-0.3, -0.25) is 0 Å². The molecule has 3 atom stereocenters. The lowest BCUT2D eigenvalue weighted by Crippen LogP contribution is -2.50. The maximum Gasteiger partial charge on any atom is 0.317 e. The Balaban J connectivity index is 1.40. The molecule has 4 rings (SSSR count). The van der Waals surface area contributed by atoms with Crippen LogP contribution in [0.3, 0.4) is 0 Å². The van der Waals surface area contributed by atoms with E-state index in [9.17, 15) is 4.79 Å². The molecule has 2 aliphatic heterocycles. The maximum absolute atomic E-state index is 12.6. The van der Waals surface area contributed by atoms with E-state index in [2.05, 4.69) is 10.3 Å². The number of nitrogens with one attached hydrogen (secondary N) is 1. The van der Waals surface area contributed by atoms with Crippen LogP contribution in [0.5, 0.6) is 0 Å². The number of urea groups is 1. The zero-order chi connectivity index (χ0) is 17.2. The molecule has 6 heteroatoms. The summed E-state index contributed by atoms with van der Waals surface area (Å²) in [6.45, 7) is 4.25. The second kappa shape index (κ2) is 7.04. The Morgan fingerprint density at radius 2 is 2.20 bits per heavy atom. The molecule has 1 aromatic carbocycles. The summed E-state index contributed by atoms with van der Waals surface area (Å²) in [6, 6.07) is 7.83. The highest BCUT2D eigenvalue weighted by Crippen LogP contribution is 2.29. The molecule has 0 saturated carbocycles. The predicted octanol–water partition coefficient (Wildman–Crippen LogP) is 3.28. The summed E-state index contributed by atoms with van der Waals surface area (Å²) in [7, 11) is 0. The van der Waals surface area contributed by atoms with Gasteiger partial charge in [0.25, 0.3) is 0 Å². The van der Waals surface area contributed by atoms with Crippen LogP contribution in [0.1, 0.15) is 44.4 Å². The number of carbonyl (C=O) groups excluding carboxylic acids is 1. The minimum absolute atomic E-state index is 0.0104. The van der Waals surface area contributed by atoms with Gasteiger partial charge in [-0.1, -0.05) is 12.1 Å². The molecule has 0 spiro atoms. The second-order valence-corrected chi connectivity index (χ2v) is 7.09. The van der Waals surface area contributed by atoms with Gasteiger partial charge in [-0.2, -0.15) is 0 Å². The molecule has 3 heterocycles. The molecule has 2 saturated heterocycles. The number of carbonyl (C=O) groups is 1. The Labute approximate surface area is 147 Å². The fraction of sp³-hybridized carbons (Fsp3) is 0.579. The van der Waals surface area contributed by atoms with Gasteiger partial charge >= 0.3 is 6.03 Å². The number of rotatable bonds is 3. The van der Waals surface area contributed by atoms with E-state index in [0.29, 0.717) is 6.54 Å². The third-order valence-electron chi connectivity index (χ3n) is 5.24. The van der Waals surface area contributed by atoms with Crippen molar-refractivity contribution in [2.24, 2.45) is 0 Å². The zero-order valence-electron chi connectivity index (χ0n) is 14.6. The molecule has 1 aromatic heterocycles. The number of piperidine rings is 1. The zero-order valence-corrected chi connectivity index (χ0v) is 14.6. The summed E-state index contributed by atoms with van der Waals surface area (Å²) >= 11 is 0. The predicted molar refractivity (Wildman–Crippen MR) is 94.5 cm³/mol. The molecule has 1 N–H and O–H groups in total. The molecule has 2 aromatic rings. The third kappa shape index (κ3) is 3.49. The summed E-state index contributed by atoms with van der Waals surface area (Å²) in [4.78, 5) is 19.1. The van der Waals surface area contributed by atoms with Crippen molar-refractivity contribution in [2.75, 3.05) is 19.7 Å². The van der Waals surface area contributed by atoms with Gasteiger partial charge in [-0.25, -0.2) is 9.78 Å². The van der Waals surface area contributed by atoms with Gasteiger partial charge < -0.3 is 19.4 Å². The molecule has 2 aliphatic rings. The molecule has 25 heavy (non-hydrogen) atoms. The van der Waals surface area contributed by atoms with Crippen molar-refractivity contribution >= 4 is 17.1 Å². The molecule has 2 amide bonds. The van der Waals surface area contributed by atoms with E-state index in [1.54, 1.807) is 0 Å². The Hall–Kier alpha value is -2.08. The van der Waals surface area contributed by atoms with Crippen molar-refractivity contribution in [1.82, 2.24) is 15.2 Å². The number of aromatic nitrogens is 1. The lowest BCUT2D eigenvalue weighted by molar-refractivity contribution is 0.0821. The van der Waals surface area contributed by atoms with Crippen molar-refractivity contribution in [3.05, 3.63) is 30.2 Å². The molecular formula is C19H25N3O3. The Morgan fingerprint density at radius 1 is 1.32 bits per heavy atom. The number of fused-ring (bicyclic) bond motifs is 1. The number of hydrogen-bond donors (Lipinski definition) is 1. The van der Waals surface area contributed by atoms with Crippen LogP contribution in [-0.2, 0) is 4.74 Å². The number of amides is 2. The summed E-state index contributed by atoms with van der Waals surface area (Å²) in [6.07, 6.45) is 4.20. The number of hydrogen-bond acceptors (Lipinski definition) is 4. The molecular weight excluding hydrogens is 318 g/mol. The van der Waals surface area contributed by atoms with Crippen LogP contribution in [0.2, 0.25) is 0 Å². The summed E-state index contributed by atoms with van der Waals surface area (Å²) in [5.74, 6) is 0.899. The second-order valence-electron chi connectivity index (χ2n) is 7.09. The first-order valence-corrected chi connectivity index (χ1v) is 9.23. The average molecular weight is 343 g/mol. The third-order valence-corrected chi connectivity index (χ3v) is 5.24. The molecule has 134 valence electrons. The summed E-state index contributed by atoms with van der Waals surface area (Å²) in [5, 5.41) is 3.10. The van der Waals surface area contributed by atoms with Crippen molar-refractivity contribution in [1.29, 1.82) is 0 Å². The van der Waals surface area contributed by atoms with Gasteiger partial charge in [-0.15, -0.1) is 0 Å². The van der Waals surface area contributed by atoms with Gasteiger partial charge in [0.15, 0.2) is 11.5 Å². The summed E-state index contributed by atoms with van der Waals surface area (Å²) in [5.41, 5.74) is 1.69. The van der Waals surface area contributed by atoms with Crippen molar-refractivity contribution in [2.45, 2.75) is 50.7 Å². The van der Waals surface area contributed by atoms with Crippen LogP contribution in [0.4, 0.5) is 4.79 Å². The molecule has 0 aliphatic carbocycles. The fourth-order valence-electron chi connectivity index (χ4n) is 3.80. The lowest BCUT2D eigenvalue weighted by atomic mass is 9.98. The average Bonchev–Trinajstić information content (AvgIpc) is 3.31. The number of para-hydroxylation sites is 2. The topological polar surface area (TPSA) is 67.6 Å². The minimum atomic E-state index is -0.0104. The van der Waals surface area contributed by atoms with E-state index >= 15 is 0 Å². The van der Waals surface area contributed by atoms with Crippen LogP contribution in [0.25, 0.3) is 11.1 Å². The van der Waals surface area contributed by atoms with E-state index in [0.717, 1.165) is 55.8 Å². The Bertz CT molecular complexity index is 705.